The molecule has 378 valence electrons. The van der Waals surface area contributed by atoms with Gasteiger partial charge in [0.05, 0.1) is 18.8 Å². The van der Waals surface area contributed by atoms with E-state index in [1.54, 1.807) is 0 Å². The fourth-order valence-corrected chi connectivity index (χ4v) is 9.65. The van der Waals surface area contributed by atoms with Crippen LogP contribution in [0.15, 0.2) is 0 Å². The highest BCUT2D eigenvalue weighted by Gasteiger charge is 2.25. The lowest BCUT2D eigenvalue weighted by Crippen LogP contribution is -2.46. The first-order valence-corrected chi connectivity index (χ1v) is 30.0. The van der Waals surface area contributed by atoms with Gasteiger partial charge >= 0.3 is 7.82 Å². The topological polar surface area (TPSA) is 116 Å². The van der Waals surface area contributed by atoms with Gasteiger partial charge < -0.3 is 20.2 Å². The van der Waals surface area contributed by atoms with E-state index in [1.165, 1.54) is 263 Å². The van der Waals surface area contributed by atoms with Crippen LogP contribution in [0.1, 0.15) is 328 Å². The van der Waals surface area contributed by atoms with Crippen LogP contribution in [0, 0.1) is 0 Å². The number of rotatable bonds is 54. The summed E-state index contributed by atoms with van der Waals surface area (Å²) in [4.78, 5) is 31.1. The van der Waals surface area contributed by atoms with E-state index in [1.807, 2.05) is 0 Å². The second kappa shape index (κ2) is 50.9. The molecule has 4 N–H and O–H groups in total. The van der Waals surface area contributed by atoms with Crippen LogP contribution in [0.25, 0.3) is 0 Å². The predicted molar refractivity (Wildman–Crippen MR) is 274 cm³/mol. The van der Waals surface area contributed by atoms with Gasteiger partial charge in [-0.15, -0.1) is 0 Å². The van der Waals surface area contributed by atoms with E-state index in [0.717, 1.165) is 38.5 Å². The van der Waals surface area contributed by atoms with Crippen LogP contribution in [0.3, 0.4) is 0 Å². The molecule has 0 heterocycles. The third-order valence-electron chi connectivity index (χ3n) is 13.6. The number of hydrogen-bond acceptors (Lipinski definition) is 4. The van der Waals surface area contributed by atoms with E-state index in [2.05, 4.69) is 19.2 Å². The molecule has 0 aromatic rings. The van der Waals surface area contributed by atoms with Gasteiger partial charge in [-0.25, -0.2) is 4.57 Å². The molecule has 0 aromatic carbocycles. The fraction of sp³-hybridized carbons (Fsp3) is 0.982. The molecule has 0 aliphatic rings. The third-order valence-corrected chi connectivity index (χ3v) is 14.1. The van der Waals surface area contributed by atoms with Gasteiger partial charge in [-0.3, -0.25) is 9.32 Å². The molecule has 7 nitrogen and oxygen atoms in total. The monoisotopic (exact) mass is 914 g/mol. The molecular formula is C55H112NO6P. The Labute approximate surface area is 393 Å². The Bertz CT molecular complexity index is 946. The van der Waals surface area contributed by atoms with Gasteiger partial charge in [0.25, 0.3) is 0 Å². The van der Waals surface area contributed by atoms with Gasteiger partial charge in [0.2, 0.25) is 5.91 Å². The minimum Gasteiger partial charge on any atom is -0.391 e. The Morgan fingerprint density at radius 2 is 0.619 bits per heavy atom. The fourth-order valence-electron chi connectivity index (χ4n) is 9.29. The summed E-state index contributed by atoms with van der Waals surface area (Å²) < 4.78 is 16.0. The molecule has 0 saturated heterocycles. The van der Waals surface area contributed by atoms with Crippen molar-refractivity contribution in [3.8, 4) is 0 Å². The normalized spacial score (nSPS) is 12.9. The van der Waals surface area contributed by atoms with E-state index < -0.39 is 26.6 Å². The zero-order valence-corrected chi connectivity index (χ0v) is 43.4. The SMILES string of the molecule is CCCCCCCCCCCCCCCCCCCCCCCCCCCCCCCCCCCCC(=O)N[C@@H](COP(=O)(O)O)[C@H](O)CCCCCCCCCCCCCCC. The molecule has 0 unspecified atom stereocenters. The van der Waals surface area contributed by atoms with Crippen LogP contribution >= 0.6 is 7.82 Å². The number of phosphoric acid groups is 1. The maximum atomic E-state index is 12.7. The van der Waals surface area contributed by atoms with Crippen molar-refractivity contribution in [1.82, 2.24) is 5.32 Å². The molecule has 1 amide bonds. The number of hydrogen-bond donors (Lipinski definition) is 4. The van der Waals surface area contributed by atoms with Crippen LogP contribution in [-0.4, -0.2) is 39.6 Å². The van der Waals surface area contributed by atoms with Crippen molar-refractivity contribution in [3.63, 3.8) is 0 Å². The van der Waals surface area contributed by atoms with Crippen LogP contribution in [0.4, 0.5) is 0 Å². The number of phosphoric ester groups is 1. The second-order valence-corrected chi connectivity index (χ2v) is 21.2. The summed E-state index contributed by atoms with van der Waals surface area (Å²) >= 11 is 0. The highest BCUT2D eigenvalue weighted by atomic mass is 31.2. The molecule has 0 bridgehead atoms. The molecule has 0 aromatic heterocycles. The van der Waals surface area contributed by atoms with Gasteiger partial charge in [-0.05, 0) is 12.8 Å². The number of aliphatic hydroxyl groups is 1. The number of amides is 1. The minimum absolute atomic E-state index is 0.186. The van der Waals surface area contributed by atoms with Crippen molar-refractivity contribution < 1.29 is 28.8 Å². The van der Waals surface area contributed by atoms with Gasteiger partial charge in [0, 0.05) is 6.42 Å². The first-order chi connectivity index (χ1) is 30.8. The number of carbonyl (C=O) groups is 1. The lowest BCUT2D eigenvalue weighted by molar-refractivity contribution is -0.123. The smallest absolute Gasteiger partial charge is 0.391 e. The summed E-state index contributed by atoms with van der Waals surface area (Å²) in [5.74, 6) is -0.186. The molecule has 0 saturated carbocycles. The van der Waals surface area contributed by atoms with Crippen LogP contribution < -0.4 is 5.32 Å². The molecular weight excluding hydrogens is 802 g/mol. The molecule has 2 atom stereocenters. The molecule has 8 heteroatoms. The Morgan fingerprint density at radius 3 is 0.857 bits per heavy atom. The predicted octanol–water partition coefficient (Wildman–Crippen LogP) is 18.1. The molecule has 0 spiro atoms. The first kappa shape index (κ1) is 62.5. The Balaban J connectivity index is 3.58. The Kier molecular flexibility index (Phi) is 50.6. The van der Waals surface area contributed by atoms with E-state index in [-0.39, 0.29) is 5.91 Å². The lowest BCUT2D eigenvalue weighted by Gasteiger charge is -2.24. The van der Waals surface area contributed by atoms with E-state index in [9.17, 15) is 24.3 Å². The highest BCUT2D eigenvalue weighted by molar-refractivity contribution is 7.46. The molecule has 0 radical (unpaired) electrons. The standard InChI is InChI=1S/C55H112NO6P/c1-3-5-7-9-11-13-15-17-18-19-20-21-22-23-24-25-26-27-28-29-30-31-32-33-34-35-36-37-39-41-43-45-47-49-51-55(58)56-53(52-62-63(59,60)61)54(57)50-48-46-44-42-40-38-16-14-12-10-8-6-4-2/h53-54,57H,3-52H2,1-2H3,(H,56,58)(H2,59,60,61)/t53-,54+/m0/s1. The van der Waals surface area contributed by atoms with E-state index >= 15 is 0 Å². The first-order valence-electron chi connectivity index (χ1n) is 28.5. The van der Waals surface area contributed by atoms with Crippen molar-refractivity contribution >= 4 is 13.7 Å². The summed E-state index contributed by atoms with van der Waals surface area (Å²) in [5, 5.41) is 13.6. The largest absolute Gasteiger partial charge is 0.469 e. The molecule has 0 rings (SSSR count). The van der Waals surface area contributed by atoms with Gasteiger partial charge in [0.15, 0.2) is 0 Å². The molecule has 0 aliphatic carbocycles. The third kappa shape index (κ3) is 52.4. The average Bonchev–Trinajstić information content (AvgIpc) is 3.26. The number of carbonyl (C=O) groups excluding carboxylic acids is 1. The van der Waals surface area contributed by atoms with E-state index in [4.69, 9.17) is 4.52 Å². The zero-order chi connectivity index (χ0) is 46.0. The van der Waals surface area contributed by atoms with Crippen molar-refractivity contribution in [2.75, 3.05) is 6.61 Å². The maximum absolute atomic E-state index is 12.7. The highest BCUT2D eigenvalue weighted by Crippen LogP contribution is 2.36. The number of aliphatic hydroxyl groups excluding tert-OH is 1. The zero-order valence-electron chi connectivity index (χ0n) is 42.5. The number of nitrogens with one attached hydrogen (secondary N) is 1. The van der Waals surface area contributed by atoms with Crippen molar-refractivity contribution in [2.45, 2.75) is 341 Å². The van der Waals surface area contributed by atoms with Gasteiger partial charge in [-0.2, -0.15) is 0 Å². The quantitative estimate of drug-likeness (QED) is 0.0357. The molecule has 0 aliphatic heterocycles. The maximum Gasteiger partial charge on any atom is 0.469 e. The van der Waals surface area contributed by atoms with Crippen molar-refractivity contribution in [2.24, 2.45) is 0 Å². The summed E-state index contributed by atoms with van der Waals surface area (Å²) in [6.07, 6.45) is 63.0. The second-order valence-electron chi connectivity index (χ2n) is 20.0. The summed E-state index contributed by atoms with van der Waals surface area (Å²) in [7, 11) is -4.69. The number of unbranched alkanes of at least 4 members (excludes halogenated alkanes) is 45. The lowest BCUT2D eigenvalue weighted by atomic mass is 10.0. The molecule has 0 fully saturated rings. The van der Waals surface area contributed by atoms with E-state index in [0.29, 0.717) is 12.8 Å². The Hall–Kier alpha value is -0.460. The Morgan fingerprint density at radius 1 is 0.397 bits per heavy atom. The summed E-state index contributed by atoms with van der Waals surface area (Å²) in [5.41, 5.74) is 0. The van der Waals surface area contributed by atoms with Crippen LogP contribution in [0.2, 0.25) is 0 Å². The summed E-state index contributed by atoms with van der Waals surface area (Å²) in [6, 6.07) is -0.819. The minimum atomic E-state index is -4.69. The molecule has 63 heavy (non-hydrogen) atoms. The van der Waals surface area contributed by atoms with Crippen molar-refractivity contribution in [3.05, 3.63) is 0 Å². The van der Waals surface area contributed by atoms with Crippen LogP contribution in [0.5, 0.6) is 0 Å². The van der Waals surface area contributed by atoms with Crippen LogP contribution in [-0.2, 0) is 13.9 Å². The summed E-state index contributed by atoms with van der Waals surface area (Å²) in [6.45, 7) is 4.16. The van der Waals surface area contributed by atoms with Crippen molar-refractivity contribution in [1.29, 1.82) is 0 Å². The van der Waals surface area contributed by atoms with Gasteiger partial charge in [-0.1, -0.05) is 309 Å². The van der Waals surface area contributed by atoms with Gasteiger partial charge in [0.1, 0.15) is 0 Å². The average molecular weight is 914 g/mol.